The van der Waals surface area contributed by atoms with E-state index in [1.807, 2.05) is 24.3 Å². The molecule has 0 atom stereocenters. The number of nitrogens with zero attached hydrogens (tertiary/aromatic N) is 2. The van der Waals surface area contributed by atoms with Gasteiger partial charge in [0.2, 0.25) is 11.2 Å². The summed E-state index contributed by atoms with van der Waals surface area (Å²) >= 11 is 1.35. The van der Waals surface area contributed by atoms with Crippen LogP contribution in [0, 0.1) is 0 Å². The lowest BCUT2D eigenvalue weighted by Crippen LogP contribution is -1.94. The van der Waals surface area contributed by atoms with E-state index in [1.54, 1.807) is 6.20 Å². The predicted molar refractivity (Wildman–Crippen MR) is 66.8 cm³/mol. The summed E-state index contributed by atoms with van der Waals surface area (Å²) in [6.07, 6.45) is 3.17. The maximum Gasteiger partial charge on any atom is 0.242 e. The second kappa shape index (κ2) is 6.03. The minimum Gasteiger partial charge on any atom is -0.412 e. The van der Waals surface area contributed by atoms with Crippen LogP contribution in [0.2, 0.25) is 0 Å². The van der Waals surface area contributed by atoms with E-state index in [2.05, 4.69) is 9.98 Å². The molecule has 4 N–H and O–H groups in total. The van der Waals surface area contributed by atoms with Gasteiger partial charge in [-0.25, -0.2) is 9.78 Å². The lowest BCUT2D eigenvalue weighted by molar-refractivity contribution is 0.565. The molecule has 0 spiro atoms. The van der Waals surface area contributed by atoms with E-state index < -0.39 is 0 Å². The van der Waals surface area contributed by atoms with Crippen molar-refractivity contribution in [1.29, 1.82) is 0 Å². The van der Waals surface area contributed by atoms with Crippen molar-refractivity contribution in [3.05, 3.63) is 36.0 Å². The minimum absolute atomic E-state index is 0. The van der Waals surface area contributed by atoms with Gasteiger partial charge in [-0.2, -0.15) is 0 Å². The molecule has 88 valence electrons. The van der Waals surface area contributed by atoms with Crippen molar-refractivity contribution in [3.8, 4) is 10.4 Å². The van der Waals surface area contributed by atoms with Crippen molar-refractivity contribution in [2.75, 3.05) is 0 Å². The van der Waals surface area contributed by atoms with Crippen molar-refractivity contribution in [2.24, 2.45) is 10.7 Å². The maximum absolute atomic E-state index is 10.1. The topological polar surface area (TPSA) is 99.8 Å². The second-order valence-electron chi connectivity index (χ2n) is 3.11. The standard InChI is InChI=1S/C11H9N3OS.H2O/c12-5-8-1-3-9(4-2-8)10-6-13-11(16-10)14-7-15;/h1-4,6H,5,12H2;1H2. The van der Waals surface area contributed by atoms with Gasteiger partial charge in [-0.05, 0) is 11.1 Å². The molecule has 0 amide bonds. The fraction of sp³-hybridized carbons (Fsp3) is 0.0909. The Kier molecular flexibility index (Phi) is 4.68. The number of aliphatic imine (C=N–C) groups is 1. The third kappa shape index (κ3) is 3.05. The largest absolute Gasteiger partial charge is 0.412 e. The average molecular weight is 249 g/mol. The number of thiazole rings is 1. The summed E-state index contributed by atoms with van der Waals surface area (Å²) in [5, 5.41) is 0.424. The Morgan fingerprint density at radius 3 is 2.65 bits per heavy atom. The van der Waals surface area contributed by atoms with Gasteiger partial charge in [0.05, 0.1) is 4.88 Å². The number of isocyanates is 1. The first-order valence-electron chi connectivity index (χ1n) is 4.66. The maximum atomic E-state index is 10.1. The van der Waals surface area contributed by atoms with Crippen LogP contribution in [-0.4, -0.2) is 16.5 Å². The molecule has 0 unspecified atom stereocenters. The van der Waals surface area contributed by atoms with Crippen molar-refractivity contribution in [1.82, 2.24) is 4.98 Å². The zero-order chi connectivity index (χ0) is 11.4. The van der Waals surface area contributed by atoms with Crippen molar-refractivity contribution >= 4 is 22.5 Å². The smallest absolute Gasteiger partial charge is 0.242 e. The van der Waals surface area contributed by atoms with Gasteiger partial charge in [-0.3, -0.25) is 0 Å². The Morgan fingerprint density at radius 1 is 1.35 bits per heavy atom. The Labute approximate surface area is 102 Å². The fourth-order valence-corrected chi connectivity index (χ4v) is 2.04. The fourth-order valence-electron chi connectivity index (χ4n) is 1.29. The number of hydrogen-bond acceptors (Lipinski definition) is 5. The van der Waals surface area contributed by atoms with E-state index in [-0.39, 0.29) is 5.48 Å². The molecule has 0 aliphatic carbocycles. The number of nitrogens with two attached hydrogens (primary N) is 1. The van der Waals surface area contributed by atoms with Gasteiger partial charge in [0.1, 0.15) is 0 Å². The molecule has 0 saturated carbocycles. The molecule has 0 aliphatic rings. The van der Waals surface area contributed by atoms with Gasteiger partial charge in [-0.1, -0.05) is 35.6 Å². The Balaban J connectivity index is 0.00000144. The number of carbonyl (C=O) groups excluding carboxylic acids is 1. The van der Waals surface area contributed by atoms with E-state index in [1.165, 1.54) is 17.4 Å². The molecule has 0 bridgehead atoms. The second-order valence-corrected chi connectivity index (χ2v) is 4.12. The van der Waals surface area contributed by atoms with Gasteiger partial charge in [-0.15, -0.1) is 4.99 Å². The van der Waals surface area contributed by atoms with Crippen LogP contribution in [0.25, 0.3) is 10.4 Å². The van der Waals surface area contributed by atoms with Crippen LogP contribution in [0.3, 0.4) is 0 Å². The molecule has 1 aromatic carbocycles. The Hall–Kier alpha value is -1.85. The molecule has 0 fully saturated rings. The van der Waals surface area contributed by atoms with Crippen LogP contribution in [0.5, 0.6) is 0 Å². The first-order chi connectivity index (χ1) is 7.83. The Morgan fingerprint density at radius 2 is 2.06 bits per heavy atom. The van der Waals surface area contributed by atoms with E-state index in [0.717, 1.165) is 16.0 Å². The number of aromatic nitrogens is 1. The number of hydrogen-bond donors (Lipinski definition) is 1. The molecule has 0 saturated heterocycles. The van der Waals surface area contributed by atoms with E-state index in [9.17, 15) is 4.79 Å². The molecule has 5 nitrogen and oxygen atoms in total. The zero-order valence-corrected chi connectivity index (χ0v) is 9.70. The monoisotopic (exact) mass is 249 g/mol. The molecule has 1 aromatic heterocycles. The molecular weight excluding hydrogens is 238 g/mol. The number of rotatable bonds is 3. The van der Waals surface area contributed by atoms with Crippen LogP contribution in [-0.2, 0) is 11.3 Å². The zero-order valence-electron chi connectivity index (χ0n) is 8.88. The van der Waals surface area contributed by atoms with Crippen molar-refractivity contribution in [3.63, 3.8) is 0 Å². The van der Waals surface area contributed by atoms with Gasteiger partial charge in [0.15, 0.2) is 0 Å². The highest BCUT2D eigenvalue weighted by Crippen LogP contribution is 2.30. The molecule has 0 aliphatic heterocycles. The molecule has 2 aromatic rings. The van der Waals surface area contributed by atoms with Crippen LogP contribution in [0.1, 0.15) is 5.56 Å². The van der Waals surface area contributed by atoms with Crippen LogP contribution in [0.4, 0.5) is 5.13 Å². The third-order valence-electron chi connectivity index (χ3n) is 2.11. The van der Waals surface area contributed by atoms with Crippen LogP contribution >= 0.6 is 11.3 Å². The first kappa shape index (κ1) is 13.2. The normalized spacial score (nSPS) is 9.24. The van der Waals surface area contributed by atoms with Crippen LogP contribution in [0.15, 0.2) is 35.5 Å². The minimum atomic E-state index is 0. The van der Waals surface area contributed by atoms with E-state index in [4.69, 9.17) is 5.73 Å². The highest BCUT2D eigenvalue weighted by molar-refractivity contribution is 7.18. The molecule has 0 radical (unpaired) electrons. The molecular formula is C11H11N3O2S. The average Bonchev–Trinajstić information content (AvgIpc) is 2.78. The van der Waals surface area contributed by atoms with E-state index >= 15 is 0 Å². The summed E-state index contributed by atoms with van der Waals surface area (Å²) in [7, 11) is 0. The summed E-state index contributed by atoms with van der Waals surface area (Å²) in [5.41, 5.74) is 7.64. The van der Waals surface area contributed by atoms with Gasteiger partial charge in [0.25, 0.3) is 0 Å². The summed E-state index contributed by atoms with van der Waals surface area (Å²) in [6.45, 7) is 0.531. The SMILES string of the molecule is NCc1ccc(-c2cnc(N=C=O)s2)cc1.O. The molecule has 1 heterocycles. The quantitative estimate of drug-likeness (QED) is 0.657. The predicted octanol–water partition coefficient (Wildman–Crippen LogP) is 1.41. The highest BCUT2D eigenvalue weighted by Gasteiger charge is 2.03. The van der Waals surface area contributed by atoms with Crippen molar-refractivity contribution in [2.45, 2.75) is 6.54 Å². The summed E-state index contributed by atoms with van der Waals surface area (Å²) in [6, 6.07) is 7.89. The van der Waals surface area contributed by atoms with Gasteiger partial charge >= 0.3 is 0 Å². The lowest BCUT2D eigenvalue weighted by atomic mass is 10.1. The number of benzene rings is 1. The summed E-state index contributed by atoms with van der Waals surface area (Å²) < 4.78 is 0. The highest BCUT2D eigenvalue weighted by atomic mass is 32.1. The Bertz CT molecular complexity index is 530. The van der Waals surface area contributed by atoms with Gasteiger partial charge < -0.3 is 11.2 Å². The lowest BCUT2D eigenvalue weighted by Gasteiger charge is -1.98. The van der Waals surface area contributed by atoms with Crippen LogP contribution < -0.4 is 5.73 Å². The van der Waals surface area contributed by atoms with Gasteiger partial charge in [0, 0.05) is 12.7 Å². The summed E-state index contributed by atoms with van der Waals surface area (Å²) in [5.74, 6) is 0. The molecule has 6 heteroatoms. The summed E-state index contributed by atoms with van der Waals surface area (Å²) in [4.78, 5) is 18.5. The third-order valence-corrected chi connectivity index (χ3v) is 3.05. The van der Waals surface area contributed by atoms with Crippen molar-refractivity contribution < 1.29 is 10.3 Å². The van der Waals surface area contributed by atoms with E-state index in [0.29, 0.717) is 11.7 Å². The first-order valence-corrected chi connectivity index (χ1v) is 5.48. The molecule has 2 rings (SSSR count). The molecule has 17 heavy (non-hydrogen) atoms.